The van der Waals surface area contributed by atoms with Crippen molar-refractivity contribution in [1.29, 1.82) is 0 Å². The molecular formula is C24H28BrNO4. The van der Waals surface area contributed by atoms with E-state index in [1.54, 1.807) is 0 Å². The van der Waals surface area contributed by atoms with Crippen LogP contribution in [0.2, 0.25) is 0 Å². The summed E-state index contributed by atoms with van der Waals surface area (Å²) in [5.74, 6) is -1.02. The van der Waals surface area contributed by atoms with Crippen molar-refractivity contribution in [3.05, 3.63) is 45.6 Å². The molecule has 0 amide bonds. The second-order valence-electron chi connectivity index (χ2n) is 9.33. The number of Topliss-reactive ketones (excluding diaryl/α,β-unsaturated/α-hetero) is 1. The van der Waals surface area contributed by atoms with Gasteiger partial charge in [-0.2, -0.15) is 0 Å². The molecule has 160 valence electrons. The van der Waals surface area contributed by atoms with Gasteiger partial charge in [-0.25, -0.2) is 4.79 Å². The fourth-order valence-electron chi connectivity index (χ4n) is 4.91. The van der Waals surface area contributed by atoms with Crippen LogP contribution in [0.1, 0.15) is 57.9 Å². The zero-order chi connectivity index (χ0) is 21.5. The van der Waals surface area contributed by atoms with Crippen LogP contribution in [0, 0.1) is 11.3 Å². The minimum Gasteiger partial charge on any atom is -0.460 e. The number of ether oxygens (including phenoxy) is 2. The lowest BCUT2D eigenvalue weighted by atomic mass is 9.63. The normalized spacial score (nSPS) is 28.2. The molecule has 2 aliphatic heterocycles. The number of nitrogens with zero attached hydrogens (tertiary/aromatic N) is 1. The molecule has 30 heavy (non-hydrogen) atoms. The summed E-state index contributed by atoms with van der Waals surface area (Å²) < 4.78 is 12.2. The lowest BCUT2D eigenvalue weighted by molar-refractivity contribution is -0.142. The lowest BCUT2D eigenvalue weighted by Gasteiger charge is -2.41. The number of carbonyl (C=O) groups excluding carboxylic acids is 2. The Hall–Kier alpha value is -1.79. The molecule has 0 unspecified atom stereocenters. The Labute approximate surface area is 186 Å². The summed E-state index contributed by atoms with van der Waals surface area (Å²) >= 11 is 3.48. The van der Waals surface area contributed by atoms with Gasteiger partial charge in [0.25, 0.3) is 0 Å². The second kappa shape index (κ2) is 8.39. The standard InChI is InChI=1S/C24H28BrNO4/c1-14-20(23(28)30-13-17-5-4-10-29-17)21(15-6-8-16(25)9-7-15)22-18(26-14)11-24(2,3)12-19(22)27/h6-9,17,21-22H,4-5,10-13H2,1-3H3/t17-,21+,22-/m0/s1. The molecule has 3 aliphatic rings. The monoisotopic (exact) mass is 473 g/mol. The molecule has 1 saturated carbocycles. The molecule has 5 nitrogen and oxygen atoms in total. The summed E-state index contributed by atoms with van der Waals surface area (Å²) in [5.41, 5.74) is 2.85. The van der Waals surface area contributed by atoms with Crippen LogP contribution in [0.3, 0.4) is 0 Å². The van der Waals surface area contributed by atoms with E-state index in [1.165, 1.54) is 0 Å². The number of hydrogen-bond donors (Lipinski definition) is 0. The number of carbonyl (C=O) groups is 2. The number of rotatable bonds is 4. The molecule has 0 N–H and O–H groups in total. The van der Waals surface area contributed by atoms with Crippen molar-refractivity contribution < 1.29 is 19.1 Å². The summed E-state index contributed by atoms with van der Waals surface area (Å²) in [6.07, 6.45) is 3.10. The Balaban J connectivity index is 1.71. The molecule has 0 bridgehead atoms. The van der Waals surface area contributed by atoms with Crippen molar-refractivity contribution in [3.8, 4) is 0 Å². The SMILES string of the molecule is CC1=C(C(=O)OC[C@@H]2CCCO2)[C@@H](c2ccc(Br)cc2)[C@@H]2C(=O)CC(C)(C)CC2=N1. The minimum atomic E-state index is -0.409. The van der Waals surface area contributed by atoms with Crippen molar-refractivity contribution in [2.75, 3.05) is 13.2 Å². The van der Waals surface area contributed by atoms with E-state index in [-0.39, 0.29) is 29.8 Å². The Kier molecular flexibility index (Phi) is 5.99. The van der Waals surface area contributed by atoms with Crippen LogP contribution >= 0.6 is 15.9 Å². The van der Waals surface area contributed by atoms with Crippen molar-refractivity contribution in [2.45, 2.75) is 58.5 Å². The average Bonchev–Trinajstić information content (AvgIpc) is 3.18. The van der Waals surface area contributed by atoms with E-state index in [2.05, 4.69) is 29.8 Å². The number of esters is 1. The maximum atomic E-state index is 13.3. The summed E-state index contributed by atoms with van der Waals surface area (Å²) in [6, 6.07) is 7.85. The molecule has 1 aromatic rings. The highest BCUT2D eigenvalue weighted by molar-refractivity contribution is 9.10. The van der Waals surface area contributed by atoms with Crippen LogP contribution in [-0.2, 0) is 19.1 Å². The molecule has 1 saturated heterocycles. The van der Waals surface area contributed by atoms with Crippen LogP contribution in [0.15, 0.2) is 45.0 Å². The first-order valence-corrected chi connectivity index (χ1v) is 11.4. The van der Waals surface area contributed by atoms with Crippen molar-refractivity contribution in [1.82, 2.24) is 0 Å². The number of ketones is 1. The van der Waals surface area contributed by atoms with Crippen molar-refractivity contribution >= 4 is 33.4 Å². The third-order valence-electron chi connectivity index (χ3n) is 6.24. The largest absolute Gasteiger partial charge is 0.460 e. The smallest absolute Gasteiger partial charge is 0.336 e. The fourth-order valence-corrected chi connectivity index (χ4v) is 5.18. The quantitative estimate of drug-likeness (QED) is 0.577. The Morgan fingerprint density at radius 2 is 1.97 bits per heavy atom. The van der Waals surface area contributed by atoms with E-state index in [0.717, 1.165) is 35.0 Å². The first-order valence-electron chi connectivity index (χ1n) is 10.6. The van der Waals surface area contributed by atoms with Crippen LogP contribution in [-0.4, -0.2) is 36.8 Å². The van der Waals surface area contributed by atoms with E-state index in [0.29, 0.717) is 24.3 Å². The van der Waals surface area contributed by atoms with Gasteiger partial charge in [-0.1, -0.05) is 41.9 Å². The van der Waals surface area contributed by atoms with Crippen LogP contribution in [0.25, 0.3) is 0 Å². The van der Waals surface area contributed by atoms with Crippen LogP contribution in [0.4, 0.5) is 0 Å². The lowest BCUT2D eigenvalue weighted by Crippen LogP contribution is -2.44. The molecule has 1 aliphatic carbocycles. The summed E-state index contributed by atoms with van der Waals surface area (Å²) in [4.78, 5) is 31.2. The van der Waals surface area contributed by atoms with Crippen LogP contribution < -0.4 is 0 Å². The molecule has 6 heteroatoms. The summed E-state index contributed by atoms with van der Waals surface area (Å²) in [7, 11) is 0. The number of allylic oxidation sites excluding steroid dienone is 1. The maximum Gasteiger partial charge on any atom is 0.336 e. The van der Waals surface area contributed by atoms with Crippen molar-refractivity contribution in [2.24, 2.45) is 16.3 Å². The first kappa shape index (κ1) is 21.4. The zero-order valence-electron chi connectivity index (χ0n) is 17.7. The highest BCUT2D eigenvalue weighted by Gasteiger charge is 2.47. The third kappa shape index (κ3) is 4.30. The van der Waals surface area contributed by atoms with Crippen molar-refractivity contribution in [3.63, 3.8) is 0 Å². The first-order chi connectivity index (χ1) is 14.2. The molecule has 0 radical (unpaired) electrons. The van der Waals surface area contributed by atoms with Gasteiger partial charge in [-0.15, -0.1) is 0 Å². The molecule has 2 heterocycles. The highest BCUT2D eigenvalue weighted by Crippen LogP contribution is 2.47. The van der Waals surface area contributed by atoms with Gasteiger partial charge in [0.15, 0.2) is 0 Å². The minimum absolute atomic E-state index is 0.0410. The Morgan fingerprint density at radius 3 is 2.63 bits per heavy atom. The van der Waals surface area contributed by atoms with Gasteiger partial charge >= 0.3 is 5.97 Å². The molecule has 0 spiro atoms. The van der Waals surface area contributed by atoms with Crippen LogP contribution in [0.5, 0.6) is 0 Å². The average molecular weight is 474 g/mol. The summed E-state index contributed by atoms with van der Waals surface area (Å²) in [5, 5.41) is 0. The summed E-state index contributed by atoms with van der Waals surface area (Å²) in [6.45, 7) is 7.01. The van der Waals surface area contributed by atoms with Gasteiger partial charge in [0.2, 0.25) is 0 Å². The number of hydrogen-bond acceptors (Lipinski definition) is 5. The molecule has 1 aromatic carbocycles. The molecule has 2 fully saturated rings. The van der Waals surface area contributed by atoms with E-state index in [1.807, 2.05) is 31.2 Å². The topological polar surface area (TPSA) is 65.0 Å². The molecule has 4 rings (SSSR count). The van der Waals surface area contributed by atoms with Gasteiger partial charge in [-0.3, -0.25) is 9.79 Å². The second-order valence-corrected chi connectivity index (χ2v) is 10.2. The van der Waals surface area contributed by atoms with E-state index >= 15 is 0 Å². The highest BCUT2D eigenvalue weighted by atomic mass is 79.9. The number of fused-ring (bicyclic) bond motifs is 1. The van der Waals surface area contributed by atoms with Gasteiger partial charge < -0.3 is 9.47 Å². The molecular weight excluding hydrogens is 446 g/mol. The van der Waals surface area contributed by atoms with E-state index in [9.17, 15) is 9.59 Å². The number of benzene rings is 1. The maximum absolute atomic E-state index is 13.3. The third-order valence-corrected chi connectivity index (χ3v) is 6.77. The van der Waals surface area contributed by atoms with E-state index in [4.69, 9.17) is 14.5 Å². The van der Waals surface area contributed by atoms with Gasteiger partial charge in [0, 0.05) is 34.8 Å². The number of halogens is 1. The molecule has 0 aromatic heterocycles. The number of aliphatic imine (C=N–C) groups is 1. The van der Waals surface area contributed by atoms with Gasteiger partial charge in [0.1, 0.15) is 12.4 Å². The Bertz CT molecular complexity index is 910. The van der Waals surface area contributed by atoms with Gasteiger partial charge in [0.05, 0.1) is 17.6 Å². The fraction of sp³-hybridized carbons (Fsp3) is 0.542. The Morgan fingerprint density at radius 1 is 1.23 bits per heavy atom. The van der Waals surface area contributed by atoms with E-state index < -0.39 is 11.9 Å². The zero-order valence-corrected chi connectivity index (χ0v) is 19.3. The predicted molar refractivity (Wildman–Crippen MR) is 118 cm³/mol. The molecule has 3 atom stereocenters. The van der Waals surface area contributed by atoms with Gasteiger partial charge in [-0.05, 0) is 49.3 Å². The predicted octanol–water partition coefficient (Wildman–Crippen LogP) is 4.99.